The highest BCUT2D eigenvalue weighted by molar-refractivity contribution is 7.80. The molecule has 170 valence electrons. The molecular formula is C26H31NO3S2. The third-order valence-electron chi connectivity index (χ3n) is 5.35. The lowest BCUT2D eigenvalue weighted by Crippen LogP contribution is -2.02. The van der Waals surface area contributed by atoms with Crippen LogP contribution < -0.4 is 4.74 Å². The second-order valence-corrected chi connectivity index (χ2v) is 8.84. The molecule has 0 atom stereocenters. The zero-order chi connectivity index (χ0) is 22.9. The van der Waals surface area contributed by atoms with Crippen molar-refractivity contribution < 1.29 is 13.9 Å². The number of rotatable bonds is 11. The molecule has 3 aromatic rings. The second kappa shape index (κ2) is 12.1. The monoisotopic (exact) mass is 469 g/mol. The zero-order valence-electron chi connectivity index (χ0n) is 19.1. The Morgan fingerprint density at radius 3 is 2.47 bits per heavy atom. The molecule has 0 aliphatic carbocycles. The SMILES string of the molecule is CCC(=S)OCCCCCCCOc1cc2oc(=S)c(-c3ccc(C)cc3C)cc2cn1. The van der Waals surface area contributed by atoms with Crippen LogP contribution in [0.3, 0.4) is 0 Å². The van der Waals surface area contributed by atoms with Crippen LogP contribution in [0, 0.1) is 18.6 Å². The number of hydrogen-bond donors (Lipinski definition) is 0. The smallest absolute Gasteiger partial charge is 0.216 e. The number of pyridine rings is 1. The van der Waals surface area contributed by atoms with E-state index < -0.39 is 0 Å². The van der Waals surface area contributed by atoms with Crippen LogP contribution in [0.15, 0.2) is 40.9 Å². The number of thiocarbonyl (C=S) groups is 1. The van der Waals surface area contributed by atoms with Crippen LogP contribution >= 0.6 is 24.4 Å². The summed E-state index contributed by atoms with van der Waals surface area (Å²) < 4.78 is 17.7. The minimum absolute atomic E-state index is 0.477. The molecule has 0 aliphatic heterocycles. The van der Waals surface area contributed by atoms with E-state index in [1.807, 2.05) is 19.1 Å². The van der Waals surface area contributed by atoms with Gasteiger partial charge in [-0.15, -0.1) is 0 Å². The van der Waals surface area contributed by atoms with Gasteiger partial charge in [0, 0.05) is 29.6 Å². The first-order chi connectivity index (χ1) is 15.5. The van der Waals surface area contributed by atoms with Gasteiger partial charge in [0.2, 0.25) is 5.88 Å². The van der Waals surface area contributed by atoms with E-state index in [0.717, 1.165) is 61.6 Å². The molecule has 2 heterocycles. The molecule has 0 saturated heterocycles. The molecule has 1 aromatic carbocycles. The second-order valence-electron chi connectivity index (χ2n) is 8.02. The summed E-state index contributed by atoms with van der Waals surface area (Å²) in [6.07, 6.45) is 8.05. The fourth-order valence-electron chi connectivity index (χ4n) is 3.58. The summed E-state index contributed by atoms with van der Waals surface area (Å²) >= 11 is 10.6. The minimum Gasteiger partial charge on any atom is -0.487 e. The van der Waals surface area contributed by atoms with Gasteiger partial charge in [-0.1, -0.05) is 49.9 Å². The van der Waals surface area contributed by atoms with Gasteiger partial charge >= 0.3 is 0 Å². The lowest BCUT2D eigenvalue weighted by Gasteiger charge is -2.09. The summed E-state index contributed by atoms with van der Waals surface area (Å²) in [5, 5.41) is 1.61. The van der Waals surface area contributed by atoms with Crippen molar-refractivity contribution in [1.82, 2.24) is 4.98 Å². The van der Waals surface area contributed by atoms with Crippen molar-refractivity contribution in [2.45, 2.75) is 59.3 Å². The third kappa shape index (κ3) is 6.84. The van der Waals surface area contributed by atoms with Crippen molar-refractivity contribution in [3.05, 3.63) is 52.4 Å². The first-order valence-corrected chi connectivity index (χ1v) is 12.1. The number of hydrogen-bond acceptors (Lipinski definition) is 6. The molecule has 6 heteroatoms. The Bertz CT molecular complexity index is 1120. The van der Waals surface area contributed by atoms with Crippen molar-refractivity contribution in [2.75, 3.05) is 13.2 Å². The lowest BCUT2D eigenvalue weighted by molar-refractivity contribution is 0.283. The normalized spacial score (nSPS) is 11.0. The van der Waals surface area contributed by atoms with Crippen LogP contribution in [-0.4, -0.2) is 23.2 Å². The van der Waals surface area contributed by atoms with Gasteiger partial charge in [-0.2, -0.15) is 0 Å². The van der Waals surface area contributed by atoms with Crippen molar-refractivity contribution in [3.63, 3.8) is 0 Å². The van der Waals surface area contributed by atoms with Gasteiger partial charge in [0.25, 0.3) is 0 Å². The number of ether oxygens (including phenoxy) is 2. The largest absolute Gasteiger partial charge is 0.487 e. The number of benzene rings is 1. The Morgan fingerprint density at radius 1 is 0.969 bits per heavy atom. The summed E-state index contributed by atoms with van der Waals surface area (Å²) in [6.45, 7) is 7.55. The summed E-state index contributed by atoms with van der Waals surface area (Å²) in [6, 6.07) is 10.2. The van der Waals surface area contributed by atoms with Gasteiger partial charge in [0.15, 0.2) is 9.76 Å². The fourth-order valence-corrected chi connectivity index (χ4v) is 3.92. The number of nitrogens with zero attached hydrogens (tertiary/aromatic N) is 1. The maximum Gasteiger partial charge on any atom is 0.216 e. The molecule has 0 fully saturated rings. The van der Waals surface area contributed by atoms with Crippen LogP contribution in [0.4, 0.5) is 0 Å². The summed E-state index contributed by atoms with van der Waals surface area (Å²) in [4.78, 5) is 4.45. The Kier molecular flexibility index (Phi) is 9.18. The molecule has 3 rings (SSSR count). The van der Waals surface area contributed by atoms with Crippen LogP contribution in [-0.2, 0) is 4.74 Å². The van der Waals surface area contributed by atoms with E-state index in [1.54, 1.807) is 6.20 Å². The van der Waals surface area contributed by atoms with E-state index in [9.17, 15) is 0 Å². The van der Waals surface area contributed by atoms with Crippen molar-refractivity contribution in [3.8, 4) is 17.0 Å². The zero-order valence-corrected chi connectivity index (χ0v) is 20.7. The maximum absolute atomic E-state index is 5.95. The average molecular weight is 470 g/mol. The molecule has 2 aromatic heterocycles. The van der Waals surface area contributed by atoms with Gasteiger partial charge in [0.1, 0.15) is 5.58 Å². The maximum atomic E-state index is 5.95. The third-order valence-corrected chi connectivity index (χ3v) is 6.06. The van der Waals surface area contributed by atoms with E-state index in [0.29, 0.717) is 27.8 Å². The highest BCUT2D eigenvalue weighted by atomic mass is 32.1. The topological polar surface area (TPSA) is 44.5 Å². The van der Waals surface area contributed by atoms with Crippen molar-refractivity contribution in [2.24, 2.45) is 0 Å². The van der Waals surface area contributed by atoms with Crippen LogP contribution in [0.25, 0.3) is 22.1 Å². The molecule has 0 N–H and O–H groups in total. The molecule has 32 heavy (non-hydrogen) atoms. The molecule has 0 aliphatic rings. The highest BCUT2D eigenvalue weighted by Crippen LogP contribution is 2.30. The number of aryl methyl sites for hydroxylation is 2. The fraction of sp³-hybridized carbons (Fsp3) is 0.423. The van der Waals surface area contributed by atoms with Gasteiger partial charge < -0.3 is 13.9 Å². The minimum atomic E-state index is 0.477. The summed E-state index contributed by atoms with van der Waals surface area (Å²) in [5.41, 5.74) is 5.10. The van der Waals surface area contributed by atoms with Gasteiger partial charge in [0.05, 0.1) is 13.2 Å². The molecule has 0 spiro atoms. The van der Waals surface area contributed by atoms with Gasteiger partial charge in [-0.05, 0) is 68.3 Å². The average Bonchev–Trinajstić information content (AvgIpc) is 2.77. The number of fused-ring (bicyclic) bond motifs is 1. The van der Waals surface area contributed by atoms with Crippen LogP contribution in [0.2, 0.25) is 0 Å². The first kappa shape index (κ1) is 24.3. The summed E-state index contributed by atoms with van der Waals surface area (Å²) in [5.74, 6) is 0.566. The molecule has 0 bridgehead atoms. The molecule has 4 nitrogen and oxygen atoms in total. The predicted octanol–water partition coefficient (Wildman–Crippen LogP) is 7.92. The Hall–Kier alpha value is -2.31. The molecule has 0 amide bonds. The van der Waals surface area contributed by atoms with Crippen LogP contribution in [0.1, 0.15) is 56.6 Å². The van der Waals surface area contributed by atoms with Gasteiger partial charge in [-0.3, -0.25) is 0 Å². The molecule has 0 radical (unpaired) electrons. The first-order valence-electron chi connectivity index (χ1n) is 11.3. The van der Waals surface area contributed by atoms with E-state index in [2.05, 4.69) is 37.0 Å². The molecule has 0 saturated carbocycles. The van der Waals surface area contributed by atoms with E-state index in [1.165, 1.54) is 11.1 Å². The summed E-state index contributed by atoms with van der Waals surface area (Å²) in [7, 11) is 0. The van der Waals surface area contributed by atoms with Crippen molar-refractivity contribution >= 4 is 40.5 Å². The Morgan fingerprint density at radius 2 is 1.72 bits per heavy atom. The Labute approximate surface area is 201 Å². The Balaban J connectivity index is 1.51. The lowest BCUT2D eigenvalue weighted by atomic mass is 10.00. The van der Waals surface area contributed by atoms with E-state index in [-0.39, 0.29) is 0 Å². The standard InChI is InChI=1S/C26H31NO3S2/c1-4-25(31)29-13-9-7-5-6-8-12-28-24-16-23-20(17-27-24)15-22(26(32)30-23)21-11-10-18(2)14-19(21)3/h10-11,14-17H,4-9,12-13H2,1-3H3. The number of aromatic nitrogens is 1. The van der Waals surface area contributed by atoms with E-state index in [4.69, 9.17) is 38.3 Å². The predicted molar refractivity (Wildman–Crippen MR) is 137 cm³/mol. The van der Waals surface area contributed by atoms with E-state index >= 15 is 0 Å². The molecular weight excluding hydrogens is 438 g/mol. The van der Waals surface area contributed by atoms with Crippen molar-refractivity contribution in [1.29, 1.82) is 0 Å². The van der Waals surface area contributed by atoms with Crippen LogP contribution in [0.5, 0.6) is 5.88 Å². The van der Waals surface area contributed by atoms with Gasteiger partial charge in [-0.25, -0.2) is 4.98 Å². The quantitative estimate of drug-likeness (QED) is 0.210. The highest BCUT2D eigenvalue weighted by Gasteiger charge is 2.09. The molecule has 0 unspecified atom stereocenters. The number of unbranched alkanes of at least 4 members (excludes halogenated alkanes) is 4.